The molecular weight excluding hydrogens is 376 g/mol. The molecule has 1 heteroatoms. The zero-order chi connectivity index (χ0) is 21.8. The van der Waals surface area contributed by atoms with Crippen LogP contribution in [0.5, 0.6) is 0 Å². The van der Waals surface area contributed by atoms with Crippen LogP contribution in [0.25, 0.3) is 0 Å². The molecule has 6 atom stereocenters. The summed E-state index contributed by atoms with van der Waals surface area (Å²) in [6.07, 6.45) is 10.6. The molecule has 6 unspecified atom stereocenters. The van der Waals surface area contributed by atoms with E-state index in [2.05, 4.69) is 76.2 Å². The highest BCUT2D eigenvalue weighted by atomic mass is 16.5. The van der Waals surface area contributed by atoms with Gasteiger partial charge in [0.1, 0.15) is 0 Å². The van der Waals surface area contributed by atoms with E-state index in [4.69, 9.17) is 4.74 Å². The predicted octanol–water partition coefficient (Wildman–Crippen LogP) is 7.44. The Kier molecular flexibility index (Phi) is 7.54. The zero-order valence-electron chi connectivity index (χ0n) is 20.1. The Morgan fingerprint density at radius 2 is 1.35 bits per heavy atom. The molecule has 2 aromatic carbocycles. The third-order valence-corrected chi connectivity index (χ3v) is 8.54. The second-order valence-corrected chi connectivity index (χ2v) is 10.5. The fraction of sp³-hybridized carbons (Fsp3) is 0.600. The summed E-state index contributed by atoms with van der Waals surface area (Å²) in [7, 11) is 0. The lowest BCUT2D eigenvalue weighted by molar-refractivity contribution is -0.0626. The molecule has 0 heterocycles. The van der Waals surface area contributed by atoms with Gasteiger partial charge in [0.2, 0.25) is 0 Å². The molecule has 0 saturated heterocycles. The van der Waals surface area contributed by atoms with E-state index in [-0.39, 0.29) is 0 Å². The first-order valence-electron chi connectivity index (χ1n) is 12.8. The maximum atomic E-state index is 6.77. The summed E-state index contributed by atoms with van der Waals surface area (Å²) in [5, 5.41) is 0. The highest BCUT2D eigenvalue weighted by Crippen LogP contribution is 2.36. The van der Waals surface area contributed by atoms with Crippen molar-refractivity contribution in [3.05, 3.63) is 70.8 Å². The van der Waals surface area contributed by atoms with Gasteiger partial charge in [0.25, 0.3) is 0 Å². The SMILES string of the molecule is CCC(OC1CCc2ccccc2C1)C(C)C(C)C(C)CC1CCc2ccccc2C1. The van der Waals surface area contributed by atoms with Gasteiger partial charge in [-0.3, -0.25) is 0 Å². The first kappa shape index (κ1) is 22.6. The van der Waals surface area contributed by atoms with E-state index in [1.54, 1.807) is 11.1 Å². The van der Waals surface area contributed by atoms with Gasteiger partial charge < -0.3 is 4.74 Å². The fourth-order valence-corrected chi connectivity index (χ4v) is 6.19. The van der Waals surface area contributed by atoms with Gasteiger partial charge in [0, 0.05) is 0 Å². The summed E-state index contributed by atoms with van der Waals surface area (Å²) >= 11 is 0. The second-order valence-electron chi connectivity index (χ2n) is 10.5. The molecule has 0 aliphatic heterocycles. The highest BCUT2D eigenvalue weighted by molar-refractivity contribution is 5.30. The summed E-state index contributed by atoms with van der Waals surface area (Å²) in [4.78, 5) is 0. The van der Waals surface area contributed by atoms with Crippen LogP contribution in [0.4, 0.5) is 0 Å². The first-order valence-corrected chi connectivity index (χ1v) is 12.8. The van der Waals surface area contributed by atoms with Crippen molar-refractivity contribution in [2.75, 3.05) is 0 Å². The lowest BCUT2D eigenvalue weighted by Crippen LogP contribution is -2.35. The molecule has 2 aliphatic carbocycles. The average Bonchev–Trinajstić information content (AvgIpc) is 2.81. The quantitative estimate of drug-likeness (QED) is 0.433. The van der Waals surface area contributed by atoms with Crippen LogP contribution < -0.4 is 0 Å². The van der Waals surface area contributed by atoms with E-state index in [9.17, 15) is 0 Å². The Morgan fingerprint density at radius 1 is 0.774 bits per heavy atom. The monoisotopic (exact) mass is 418 g/mol. The van der Waals surface area contributed by atoms with Crippen LogP contribution in [0.2, 0.25) is 0 Å². The third-order valence-electron chi connectivity index (χ3n) is 8.54. The van der Waals surface area contributed by atoms with Crippen LogP contribution in [-0.2, 0) is 30.4 Å². The minimum absolute atomic E-state index is 0.375. The van der Waals surface area contributed by atoms with Crippen LogP contribution in [0.15, 0.2) is 48.5 Å². The lowest BCUT2D eigenvalue weighted by atomic mass is 9.73. The maximum absolute atomic E-state index is 6.77. The van der Waals surface area contributed by atoms with E-state index >= 15 is 0 Å². The molecule has 2 aliphatic rings. The minimum Gasteiger partial charge on any atom is -0.374 e. The fourth-order valence-electron chi connectivity index (χ4n) is 6.19. The van der Waals surface area contributed by atoms with Crippen LogP contribution >= 0.6 is 0 Å². The van der Waals surface area contributed by atoms with Crippen molar-refractivity contribution in [3.63, 3.8) is 0 Å². The average molecular weight is 419 g/mol. The van der Waals surface area contributed by atoms with Gasteiger partial charge in [-0.2, -0.15) is 0 Å². The van der Waals surface area contributed by atoms with E-state index in [0.29, 0.717) is 24.0 Å². The van der Waals surface area contributed by atoms with Crippen molar-refractivity contribution in [1.82, 2.24) is 0 Å². The van der Waals surface area contributed by atoms with Crippen molar-refractivity contribution < 1.29 is 4.74 Å². The topological polar surface area (TPSA) is 9.23 Å². The van der Waals surface area contributed by atoms with E-state index in [0.717, 1.165) is 24.7 Å². The minimum atomic E-state index is 0.375. The normalized spacial score (nSPS) is 24.5. The van der Waals surface area contributed by atoms with Crippen LogP contribution in [0.1, 0.15) is 75.6 Å². The summed E-state index contributed by atoms with van der Waals surface area (Å²) < 4.78 is 6.77. The van der Waals surface area contributed by atoms with Gasteiger partial charge in [-0.05, 0) is 97.3 Å². The summed E-state index contributed by atoms with van der Waals surface area (Å²) in [5.74, 6) is 2.89. The summed E-state index contributed by atoms with van der Waals surface area (Å²) in [6, 6.07) is 18.0. The molecule has 0 amide bonds. The predicted molar refractivity (Wildman–Crippen MR) is 131 cm³/mol. The molecule has 0 bridgehead atoms. The summed E-state index contributed by atoms with van der Waals surface area (Å²) in [5.41, 5.74) is 6.21. The number of aryl methyl sites for hydroxylation is 2. The highest BCUT2D eigenvalue weighted by Gasteiger charge is 2.31. The Hall–Kier alpha value is -1.60. The van der Waals surface area contributed by atoms with Gasteiger partial charge >= 0.3 is 0 Å². The zero-order valence-corrected chi connectivity index (χ0v) is 20.1. The Bertz CT molecular complexity index is 840. The van der Waals surface area contributed by atoms with Gasteiger partial charge in [0.15, 0.2) is 0 Å². The Balaban J connectivity index is 1.31. The molecule has 0 N–H and O–H groups in total. The molecule has 31 heavy (non-hydrogen) atoms. The number of ether oxygens (including phenoxy) is 1. The van der Waals surface area contributed by atoms with Gasteiger partial charge in [0.05, 0.1) is 12.2 Å². The smallest absolute Gasteiger partial charge is 0.0622 e. The molecule has 168 valence electrons. The molecule has 0 radical (unpaired) electrons. The van der Waals surface area contributed by atoms with Crippen molar-refractivity contribution in [1.29, 1.82) is 0 Å². The molecule has 0 saturated carbocycles. The number of rotatable bonds is 8. The third kappa shape index (κ3) is 5.43. The molecule has 4 rings (SSSR count). The van der Waals surface area contributed by atoms with Crippen LogP contribution in [0.3, 0.4) is 0 Å². The maximum Gasteiger partial charge on any atom is 0.0622 e. The second kappa shape index (κ2) is 10.3. The van der Waals surface area contributed by atoms with Gasteiger partial charge in [-0.1, -0.05) is 76.2 Å². The van der Waals surface area contributed by atoms with E-state index in [1.165, 1.54) is 49.7 Å². The molecule has 0 aromatic heterocycles. The van der Waals surface area contributed by atoms with Gasteiger partial charge in [-0.15, -0.1) is 0 Å². The van der Waals surface area contributed by atoms with Crippen molar-refractivity contribution >= 4 is 0 Å². The van der Waals surface area contributed by atoms with Crippen molar-refractivity contribution in [2.24, 2.45) is 23.7 Å². The number of benzene rings is 2. The lowest BCUT2D eigenvalue weighted by Gasteiger charge is -2.37. The molecule has 0 fully saturated rings. The molecule has 1 nitrogen and oxygen atoms in total. The Morgan fingerprint density at radius 3 is 2.00 bits per heavy atom. The van der Waals surface area contributed by atoms with Crippen molar-refractivity contribution in [3.8, 4) is 0 Å². The number of hydrogen-bond donors (Lipinski definition) is 0. The molecular formula is C30H42O. The van der Waals surface area contributed by atoms with Crippen LogP contribution in [-0.4, -0.2) is 12.2 Å². The number of hydrogen-bond acceptors (Lipinski definition) is 1. The van der Waals surface area contributed by atoms with Gasteiger partial charge in [-0.25, -0.2) is 0 Å². The molecule has 0 spiro atoms. The summed E-state index contributed by atoms with van der Waals surface area (Å²) in [6.45, 7) is 9.73. The van der Waals surface area contributed by atoms with Crippen molar-refractivity contribution in [2.45, 2.75) is 91.3 Å². The largest absolute Gasteiger partial charge is 0.374 e. The first-order chi connectivity index (χ1) is 15.0. The van der Waals surface area contributed by atoms with Crippen LogP contribution in [0, 0.1) is 23.7 Å². The van der Waals surface area contributed by atoms with E-state index in [1.807, 2.05) is 0 Å². The molecule has 2 aromatic rings. The Labute approximate surface area is 190 Å². The number of fused-ring (bicyclic) bond motifs is 2. The standard InChI is InChI=1S/C30H42O/c1-5-30(31-29-17-16-26-11-7-9-13-28(26)20-29)23(4)22(3)21(2)18-24-14-15-25-10-6-8-12-27(25)19-24/h6-13,21-24,29-30H,5,14-20H2,1-4H3. The van der Waals surface area contributed by atoms with E-state index < -0.39 is 0 Å².